The van der Waals surface area contributed by atoms with Gasteiger partial charge in [0.25, 0.3) is 0 Å². The molecule has 1 aromatic heterocycles. The van der Waals surface area contributed by atoms with Crippen LogP contribution in [0.3, 0.4) is 0 Å². The van der Waals surface area contributed by atoms with Crippen LogP contribution in [0.4, 0.5) is 11.5 Å². The average molecular weight is 250 g/mol. The van der Waals surface area contributed by atoms with E-state index in [1.165, 1.54) is 0 Å². The van der Waals surface area contributed by atoms with E-state index in [0.29, 0.717) is 17.6 Å². The fraction of sp³-hybridized carbons (Fsp3) is 0.167. The number of rotatable bonds is 4. The minimum atomic E-state index is 0.352. The third kappa shape index (κ3) is 3.15. The predicted molar refractivity (Wildman–Crippen MR) is 67.5 cm³/mol. The summed E-state index contributed by atoms with van der Waals surface area (Å²) >= 11 is 5.91. The number of benzene rings is 1. The first-order chi connectivity index (χ1) is 8.29. The number of aromatic nitrogens is 2. The fourth-order valence-corrected chi connectivity index (χ4v) is 1.60. The predicted octanol–water partition coefficient (Wildman–Crippen LogP) is 3.02. The molecule has 1 heterocycles. The molecule has 0 aliphatic carbocycles. The van der Waals surface area contributed by atoms with Crippen LogP contribution in [0.5, 0.6) is 0 Å². The van der Waals surface area contributed by atoms with E-state index in [9.17, 15) is 0 Å². The minimum Gasteiger partial charge on any atom is -0.380 e. The van der Waals surface area contributed by atoms with Gasteiger partial charge in [0.05, 0.1) is 6.61 Å². The van der Waals surface area contributed by atoms with Gasteiger partial charge in [-0.3, -0.25) is 0 Å². The van der Waals surface area contributed by atoms with Crippen LogP contribution in [-0.2, 0) is 11.3 Å². The highest BCUT2D eigenvalue weighted by atomic mass is 35.5. The highest BCUT2D eigenvalue weighted by Crippen LogP contribution is 2.21. The third-order valence-electron chi connectivity index (χ3n) is 2.15. The van der Waals surface area contributed by atoms with Gasteiger partial charge in [-0.05, 0) is 17.7 Å². The van der Waals surface area contributed by atoms with E-state index in [0.717, 1.165) is 11.3 Å². The van der Waals surface area contributed by atoms with E-state index in [-0.39, 0.29) is 0 Å². The van der Waals surface area contributed by atoms with E-state index >= 15 is 0 Å². The molecular formula is C12H12ClN3O. The van der Waals surface area contributed by atoms with Gasteiger partial charge >= 0.3 is 0 Å². The van der Waals surface area contributed by atoms with Gasteiger partial charge < -0.3 is 10.1 Å². The number of ether oxygens (including phenoxy) is 1. The molecule has 0 saturated heterocycles. The van der Waals surface area contributed by atoms with Crippen LogP contribution in [0.25, 0.3) is 0 Å². The molecule has 2 aromatic rings. The molecule has 1 N–H and O–H groups in total. The lowest BCUT2D eigenvalue weighted by atomic mass is 10.2. The van der Waals surface area contributed by atoms with Crippen molar-refractivity contribution in [2.75, 3.05) is 12.4 Å². The second kappa shape index (κ2) is 5.61. The van der Waals surface area contributed by atoms with E-state index in [1.807, 2.05) is 24.3 Å². The van der Waals surface area contributed by atoms with Gasteiger partial charge in [-0.15, -0.1) is 0 Å². The van der Waals surface area contributed by atoms with E-state index in [4.69, 9.17) is 16.3 Å². The lowest BCUT2D eigenvalue weighted by molar-refractivity contribution is 0.185. The zero-order valence-corrected chi connectivity index (χ0v) is 10.1. The summed E-state index contributed by atoms with van der Waals surface area (Å²) in [6.45, 7) is 0.573. The van der Waals surface area contributed by atoms with Crippen LogP contribution in [-0.4, -0.2) is 17.1 Å². The Morgan fingerprint density at radius 3 is 2.88 bits per heavy atom. The molecule has 0 unspecified atom stereocenters. The highest BCUT2D eigenvalue weighted by Gasteiger charge is 2.02. The molecule has 0 aliphatic heterocycles. The molecule has 0 radical (unpaired) electrons. The monoisotopic (exact) mass is 249 g/mol. The number of methoxy groups -OCH3 is 1. The molecule has 2 rings (SSSR count). The van der Waals surface area contributed by atoms with Crippen LogP contribution >= 0.6 is 11.6 Å². The highest BCUT2D eigenvalue weighted by molar-refractivity contribution is 6.31. The van der Waals surface area contributed by atoms with Gasteiger partial charge in [-0.25, -0.2) is 9.97 Å². The Morgan fingerprint density at radius 1 is 1.29 bits per heavy atom. The van der Waals surface area contributed by atoms with E-state index in [1.54, 1.807) is 19.5 Å². The first-order valence-electron chi connectivity index (χ1n) is 5.11. The van der Waals surface area contributed by atoms with E-state index in [2.05, 4.69) is 15.3 Å². The standard InChI is InChI=1S/C12H12ClN3O/c1-17-8-9-3-2-4-10(7-9)16-12-11(13)14-5-6-15-12/h2-7H,8H2,1H3,(H,15,16). The van der Waals surface area contributed by atoms with Gasteiger partial charge in [0.15, 0.2) is 11.0 Å². The maximum Gasteiger partial charge on any atom is 0.171 e. The molecule has 0 bridgehead atoms. The smallest absolute Gasteiger partial charge is 0.171 e. The number of hydrogen-bond donors (Lipinski definition) is 1. The summed E-state index contributed by atoms with van der Waals surface area (Å²) in [6.07, 6.45) is 3.14. The van der Waals surface area contributed by atoms with E-state index < -0.39 is 0 Å². The fourth-order valence-electron chi connectivity index (χ4n) is 1.45. The van der Waals surface area contributed by atoms with Crippen molar-refractivity contribution in [1.82, 2.24) is 9.97 Å². The molecular weight excluding hydrogens is 238 g/mol. The van der Waals surface area contributed by atoms with Crippen molar-refractivity contribution in [1.29, 1.82) is 0 Å². The van der Waals surface area contributed by atoms with Gasteiger partial charge in [0.1, 0.15) is 0 Å². The summed E-state index contributed by atoms with van der Waals surface area (Å²) < 4.78 is 5.08. The van der Waals surface area contributed by atoms with Crippen molar-refractivity contribution < 1.29 is 4.74 Å². The first kappa shape index (κ1) is 11.8. The molecule has 0 fully saturated rings. The molecule has 88 valence electrons. The summed E-state index contributed by atoms with van der Waals surface area (Å²) in [7, 11) is 1.67. The molecule has 1 aromatic carbocycles. The van der Waals surface area contributed by atoms with Crippen molar-refractivity contribution in [3.05, 3.63) is 47.4 Å². The largest absolute Gasteiger partial charge is 0.380 e. The second-order valence-corrected chi connectivity index (χ2v) is 3.81. The summed E-state index contributed by atoms with van der Waals surface area (Å²) in [5, 5.41) is 3.46. The maximum absolute atomic E-state index is 5.91. The lowest BCUT2D eigenvalue weighted by Crippen LogP contribution is -1.96. The molecule has 0 aliphatic rings. The van der Waals surface area contributed by atoms with Gasteiger partial charge in [0, 0.05) is 25.2 Å². The van der Waals surface area contributed by atoms with Crippen LogP contribution in [0.15, 0.2) is 36.7 Å². The zero-order chi connectivity index (χ0) is 12.1. The second-order valence-electron chi connectivity index (χ2n) is 3.45. The zero-order valence-electron chi connectivity index (χ0n) is 9.35. The molecule has 4 nitrogen and oxygen atoms in total. The number of nitrogens with one attached hydrogen (secondary N) is 1. The normalized spacial score (nSPS) is 10.2. The van der Waals surface area contributed by atoms with Crippen molar-refractivity contribution >= 4 is 23.1 Å². The van der Waals surface area contributed by atoms with Crippen molar-refractivity contribution in [3.8, 4) is 0 Å². The van der Waals surface area contributed by atoms with Crippen LogP contribution in [0.1, 0.15) is 5.56 Å². The topological polar surface area (TPSA) is 47.0 Å². The van der Waals surface area contributed by atoms with Crippen LogP contribution in [0.2, 0.25) is 5.15 Å². The molecule has 5 heteroatoms. The molecule has 0 amide bonds. The summed E-state index contributed by atoms with van der Waals surface area (Å²) in [6, 6.07) is 7.85. The Hall–Kier alpha value is -1.65. The Balaban J connectivity index is 2.18. The number of nitrogens with zero attached hydrogens (tertiary/aromatic N) is 2. The molecule has 0 saturated carbocycles. The Kier molecular flexibility index (Phi) is 3.90. The Morgan fingerprint density at radius 2 is 2.12 bits per heavy atom. The van der Waals surface area contributed by atoms with Crippen molar-refractivity contribution in [3.63, 3.8) is 0 Å². The summed E-state index contributed by atoms with van der Waals surface area (Å²) in [5.41, 5.74) is 1.99. The molecule has 0 spiro atoms. The minimum absolute atomic E-state index is 0.352. The van der Waals surface area contributed by atoms with Gasteiger partial charge in [0.2, 0.25) is 0 Å². The quantitative estimate of drug-likeness (QED) is 0.905. The third-order valence-corrected chi connectivity index (χ3v) is 2.43. The van der Waals surface area contributed by atoms with Crippen LogP contribution < -0.4 is 5.32 Å². The molecule has 17 heavy (non-hydrogen) atoms. The van der Waals surface area contributed by atoms with Gasteiger partial charge in [-0.1, -0.05) is 23.7 Å². The SMILES string of the molecule is COCc1cccc(Nc2nccnc2Cl)c1. The van der Waals surface area contributed by atoms with Gasteiger partial charge in [-0.2, -0.15) is 0 Å². The summed E-state index contributed by atoms with van der Waals surface area (Å²) in [4.78, 5) is 8.06. The number of anilines is 2. The molecule has 0 atom stereocenters. The first-order valence-corrected chi connectivity index (χ1v) is 5.49. The lowest BCUT2D eigenvalue weighted by Gasteiger charge is -2.07. The number of halogens is 1. The Bertz CT molecular complexity index is 505. The number of hydrogen-bond acceptors (Lipinski definition) is 4. The van der Waals surface area contributed by atoms with Crippen molar-refractivity contribution in [2.45, 2.75) is 6.61 Å². The average Bonchev–Trinajstić information content (AvgIpc) is 2.33. The maximum atomic E-state index is 5.91. The summed E-state index contributed by atoms with van der Waals surface area (Å²) in [5.74, 6) is 0.545. The van der Waals surface area contributed by atoms with Crippen molar-refractivity contribution in [2.24, 2.45) is 0 Å². The van der Waals surface area contributed by atoms with Crippen LogP contribution in [0, 0.1) is 0 Å². The Labute approximate surface area is 105 Å².